The Bertz CT molecular complexity index is 1210. The van der Waals surface area contributed by atoms with Gasteiger partial charge in [0, 0.05) is 25.1 Å². The number of carbonyl (C=O) groups is 1. The third-order valence-electron chi connectivity index (χ3n) is 7.57. The summed E-state index contributed by atoms with van der Waals surface area (Å²) >= 11 is 0. The molecule has 3 N–H and O–H groups in total. The summed E-state index contributed by atoms with van der Waals surface area (Å²) in [6.45, 7) is 9.16. The predicted octanol–water partition coefficient (Wildman–Crippen LogP) is 5.82. The number of benzene rings is 2. The van der Waals surface area contributed by atoms with Crippen molar-refractivity contribution in [2.75, 3.05) is 6.54 Å². The molecule has 37 heavy (non-hydrogen) atoms. The summed E-state index contributed by atoms with van der Waals surface area (Å²) < 4.78 is 6.42. The van der Waals surface area contributed by atoms with Crippen LogP contribution in [0.2, 0.25) is 0 Å². The lowest BCUT2D eigenvalue weighted by atomic mass is 9.84. The minimum absolute atomic E-state index is 0.0676. The zero-order valence-corrected chi connectivity index (χ0v) is 22.4. The zero-order valence-electron chi connectivity index (χ0n) is 22.4. The second kappa shape index (κ2) is 11.0. The Hall–Kier alpha value is -3.25. The summed E-state index contributed by atoms with van der Waals surface area (Å²) in [5, 5.41) is 31.2. The van der Waals surface area contributed by atoms with E-state index >= 15 is 0 Å². The van der Waals surface area contributed by atoms with Crippen LogP contribution in [0.5, 0.6) is 17.2 Å². The van der Waals surface area contributed by atoms with E-state index in [9.17, 15) is 20.1 Å². The largest absolute Gasteiger partial charge is 0.508 e. The lowest BCUT2D eigenvalue weighted by Gasteiger charge is -2.40. The number of aliphatic hydroxyl groups excluding tert-OH is 1. The summed E-state index contributed by atoms with van der Waals surface area (Å²) in [6.07, 6.45) is 7.95. The average Bonchev–Trinajstić information content (AvgIpc) is 3.15. The van der Waals surface area contributed by atoms with Crippen molar-refractivity contribution < 1.29 is 24.9 Å². The lowest BCUT2D eigenvalue weighted by Crippen LogP contribution is -2.49. The standard InChI is InChI=1S/C31H39NO5/c1-20(2)7-5-8-21(3)9-6-15-31(4)27(35)18-25-26(34)17-23-19-32(30(36)28(23)29(25)37-31)16-14-22-10-12-24(33)13-11-22/h7,9-13,17,27,33-35H,5-6,8,14-16,18-19H2,1-4H3/b21-9+. The van der Waals surface area contributed by atoms with Gasteiger partial charge in [0.05, 0.1) is 11.7 Å². The van der Waals surface area contributed by atoms with Crippen LogP contribution in [0.3, 0.4) is 0 Å². The predicted molar refractivity (Wildman–Crippen MR) is 145 cm³/mol. The first kappa shape index (κ1) is 26.8. The van der Waals surface area contributed by atoms with E-state index in [1.807, 2.05) is 19.1 Å². The highest BCUT2D eigenvalue weighted by molar-refractivity contribution is 6.02. The van der Waals surface area contributed by atoms with Crippen LogP contribution in [-0.4, -0.2) is 44.4 Å². The second-order valence-electron chi connectivity index (χ2n) is 10.9. The molecule has 0 aliphatic carbocycles. The molecule has 0 fully saturated rings. The molecule has 0 saturated heterocycles. The molecule has 6 heteroatoms. The number of phenols is 2. The molecule has 2 aromatic carbocycles. The summed E-state index contributed by atoms with van der Waals surface area (Å²) in [6, 6.07) is 8.63. The van der Waals surface area contributed by atoms with Gasteiger partial charge in [-0.25, -0.2) is 0 Å². The third kappa shape index (κ3) is 6.02. The molecule has 6 nitrogen and oxygen atoms in total. The van der Waals surface area contributed by atoms with Crippen LogP contribution in [-0.2, 0) is 19.4 Å². The normalized spacial score (nSPS) is 20.9. The first-order valence-corrected chi connectivity index (χ1v) is 13.2. The van der Waals surface area contributed by atoms with Crippen LogP contribution in [0.4, 0.5) is 0 Å². The van der Waals surface area contributed by atoms with Gasteiger partial charge in [0.1, 0.15) is 22.8 Å². The van der Waals surface area contributed by atoms with Gasteiger partial charge in [-0.15, -0.1) is 0 Å². The SMILES string of the molecule is CC(C)=CCC/C(C)=C/CCC1(C)Oc2c(c(O)cc3c2C(=O)N(CCc2ccc(O)cc2)C3)CC1O. The number of nitrogens with zero attached hydrogens (tertiary/aromatic N) is 1. The van der Waals surface area contributed by atoms with Gasteiger partial charge in [0.2, 0.25) is 0 Å². The minimum Gasteiger partial charge on any atom is -0.508 e. The molecule has 1 amide bonds. The van der Waals surface area contributed by atoms with Crippen molar-refractivity contribution in [2.24, 2.45) is 0 Å². The van der Waals surface area contributed by atoms with E-state index in [0.717, 1.165) is 30.4 Å². The van der Waals surface area contributed by atoms with E-state index in [0.29, 0.717) is 42.8 Å². The minimum atomic E-state index is -0.856. The Balaban J connectivity index is 1.48. The van der Waals surface area contributed by atoms with E-state index < -0.39 is 11.7 Å². The topological polar surface area (TPSA) is 90.2 Å². The van der Waals surface area contributed by atoms with Gasteiger partial charge < -0.3 is 25.0 Å². The summed E-state index contributed by atoms with van der Waals surface area (Å²) in [5.74, 6) is 0.591. The lowest BCUT2D eigenvalue weighted by molar-refractivity contribution is -0.0596. The molecule has 2 aromatic rings. The molecule has 2 atom stereocenters. The molecule has 2 aliphatic heterocycles. The molecule has 0 aromatic heterocycles. The molecule has 4 rings (SSSR count). The van der Waals surface area contributed by atoms with Crippen molar-refractivity contribution in [3.63, 3.8) is 0 Å². The fourth-order valence-corrected chi connectivity index (χ4v) is 5.17. The molecule has 2 aliphatic rings. The monoisotopic (exact) mass is 505 g/mol. The molecule has 0 bridgehead atoms. The molecule has 198 valence electrons. The van der Waals surface area contributed by atoms with Crippen LogP contribution in [0.25, 0.3) is 0 Å². The molecule has 0 spiro atoms. The van der Waals surface area contributed by atoms with Crippen molar-refractivity contribution >= 4 is 5.91 Å². The van der Waals surface area contributed by atoms with Gasteiger partial charge in [-0.1, -0.05) is 35.4 Å². The van der Waals surface area contributed by atoms with Crippen molar-refractivity contribution in [2.45, 2.75) is 84.5 Å². The summed E-state index contributed by atoms with van der Waals surface area (Å²) in [5.41, 5.74) is 4.57. The van der Waals surface area contributed by atoms with Crippen LogP contribution in [0, 0.1) is 0 Å². The van der Waals surface area contributed by atoms with Crippen LogP contribution in [0.1, 0.15) is 80.4 Å². The van der Waals surface area contributed by atoms with Gasteiger partial charge in [-0.05, 0) is 89.1 Å². The highest BCUT2D eigenvalue weighted by Crippen LogP contribution is 2.46. The third-order valence-corrected chi connectivity index (χ3v) is 7.57. The van der Waals surface area contributed by atoms with E-state index in [2.05, 4.69) is 32.9 Å². The van der Waals surface area contributed by atoms with Gasteiger partial charge in [-0.2, -0.15) is 0 Å². The van der Waals surface area contributed by atoms with E-state index in [-0.39, 0.29) is 23.8 Å². The molecular weight excluding hydrogens is 466 g/mol. The zero-order chi connectivity index (χ0) is 26.7. The van der Waals surface area contributed by atoms with Crippen molar-refractivity contribution in [3.05, 3.63) is 75.9 Å². The van der Waals surface area contributed by atoms with Gasteiger partial charge in [-0.3, -0.25) is 4.79 Å². The smallest absolute Gasteiger partial charge is 0.258 e. The highest BCUT2D eigenvalue weighted by Gasteiger charge is 2.44. The molecular formula is C31H39NO5. The summed E-state index contributed by atoms with van der Waals surface area (Å²) in [4.78, 5) is 15.2. The molecule has 0 radical (unpaired) electrons. The highest BCUT2D eigenvalue weighted by atomic mass is 16.5. The van der Waals surface area contributed by atoms with Crippen LogP contribution >= 0.6 is 0 Å². The number of carbonyl (C=O) groups excluding carboxylic acids is 1. The first-order valence-electron chi connectivity index (χ1n) is 13.2. The Morgan fingerprint density at radius 3 is 2.57 bits per heavy atom. The number of amides is 1. The fourth-order valence-electron chi connectivity index (χ4n) is 5.17. The molecule has 0 saturated carbocycles. The maximum Gasteiger partial charge on any atom is 0.258 e. The number of aromatic hydroxyl groups is 2. The average molecular weight is 506 g/mol. The molecule has 2 unspecified atom stereocenters. The number of aliphatic hydroxyl groups is 1. The Morgan fingerprint density at radius 1 is 1.14 bits per heavy atom. The number of ether oxygens (including phenoxy) is 1. The number of fused-ring (bicyclic) bond motifs is 3. The quantitative estimate of drug-likeness (QED) is 0.374. The van der Waals surface area contributed by atoms with Crippen LogP contribution in [0.15, 0.2) is 53.6 Å². The number of hydrogen-bond acceptors (Lipinski definition) is 5. The second-order valence-corrected chi connectivity index (χ2v) is 10.9. The number of hydrogen-bond donors (Lipinski definition) is 3. The van der Waals surface area contributed by atoms with E-state index in [1.54, 1.807) is 23.1 Å². The Labute approximate surface area is 219 Å². The van der Waals surface area contributed by atoms with Crippen molar-refractivity contribution in [1.82, 2.24) is 4.90 Å². The number of rotatable bonds is 9. The molecule has 2 heterocycles. The maximum atomic E-state index is 13.4. The van der Waals surface area contributed by atoms with Crippen molar-refractivity contribution in [3.8, 4) is 17.2 Å². The number of allylic oxidation sites excluding steroid dienone is 4. The Morgan fingerprint density at radius 2 is 1.86 bits per heavy atom. The Kier molecular flexibility index (Phi) is 7.98. The number of phenolic OH excluding ortho intramolecular Hbond substituents is 2. The van der Waals surface area contributed by atoms with Gasteiger partial charge in [0.15, 0.2) is 0 Å². The van der Waals surface area contributed by atoms with Gasteiger partial charge >= 0.3 is 0 Å². The fraction of sp³-hybridized carbons (Fsp3) is 0.452. The summed E-state index contributed by atoms with van der Waals surface area (Å²) in [7, 11) is 0. The van der Waals surface area contributed by atoms with E-state index in [1.165, 1.54) is 11.1 Å². The van der Waals surface area contributed by atoms with Crippen molar-refractivity contribution in [1.29, 1.82) is 0 Å². The van der Waals surface area contributed by atoms with Gasteiger partial charge in [0.25, 0.3) is 5.91 Å². The maximum absolute atomic E-state index is 13.4. The first-order chi connectivity index (χ1) is 17.6. The van der Waals surface area contributed by atoms with Crippen LogP contribution < -0.4 is 4.74 Å². The van der Waals surface area contributed by atoms with E-state index in [4.69, 9.17) is 4.74 Å².